The summed E-state index contributed by atoms with van der Waals surface area (Å²) in [6.07, 6.45) is -0.0434. The Morgan fingerprint density at radius 1 is 1.17 bits per heavy atom. The topological polar surface area (TPSA) is 49.3 Å². The van der Waals surface area contributed by atoms with Crippen LogP contribution in [0.4, 0.5) is 18.9 Å². The lowest BCUT2D eigenvalue weighted by molar-refractivity contribution is -0.141. The summed E-state index contributed by atoms with van der Waals surface area (Å²) in [4.78, 5) is 23.0. The highest BCUT2D eigenvalue weighted by atomic mass is 19.4. The van der Waals surface area contributed by atoms with Gasteiger partial charge in [0.15, 0.2) is 0 Å². The van der Waals surface area contributed by atoms with Crippen molar-refractivity contribution in [1.29, 1.82) is 0 Å². The SMILES string of the molecule is O=C1CN(Cc2cccnc2)CCN1c1ccnc(C(F)(F)F)c1. The van der Waals surface area contributed by atoms with Crippen molar-refractivity contribution in [3.05, 3.63) is 54.1 Å². The number of carbonyl (C=O) groups excluding carboxylic acids is 1. The Labute approximate surface area is 136 Å². The van der Waals surface area contributed by atoms with Crippen LogP contribution < -0.4 is 4.90 Å². The van der Waals surface area contributed by atoms with Crippen LogP contribution in [0.3, 0.4) is 0 Å². The fourth-order valence-electron chi connectivity index (χ4n) is 2.62. The first-order valence-corrected chi connectivity index (χ1v) is 7.38. The van der Waals surface area contributed by atoms with Crippen LogP contribution in [0.5, 0.6) is 0 Å². The molecular weight excluding hydrogens is 321 g/mol. The molecule has 1 saturated heterocycles. The highest BCUT2D eigenvalue weighted by molar-refractivity contribution is 5.95. The molecule has 3 heterocycles. The Hall–Kier alpha value is -2.48. The van der Waals surface area contributed by atoms with Gasteiger partial charge in [0.05, 0.1) is 6.54 Å². The van der Waals surface area contributed by atoms with Crippen molar-refractivity contribution in [1.82, 2.24) is 14.9 Å². The second kappa shape index (κ2) is 6.56. The quantitative estimate of drug-likeness (QED) is 0.863. The third kappa shape index (κ3) is 3.70. The molecule has 0 radical (unpaired) electrons. The molecule has 0 spiro atoms. The zero-order valence-corrected chi connectivity index (χ0v) is 12.7. The summed E-state index contributed by atoms with van der Waals surface area (Å²) in [5, 5.41) is 0. The van der Waals surface area contributed by atoms with Crippen molar-refractivity contribution >= 4 is 11.6 Å². The highest BCUT2D eigenvalue weighted by Gasteiger charge is 2.34. The fraction of sp³-hybridized carbons (Fsp3) is 0.312. The number of halogens is 3. The Balaban J connectivity index is 1.69. The average Bonchev–Trinajstić information content (AvgIpc) is 2.55. The first-order valence-electron chi connectivity index (χ1n) is 7.38. The van der Waals surface area contributed by atoms with Crippen molar-refractivity contribution in [2.75, 3.05) is 24.5 Å². The molecule has 8 heteroatoms. The zero-order chi connectivity index (χ0) is 17.2. The number of carbonyl (C=O) groups is 1. The van der Waals surface area contributed by atoms with Gasteiger partial charge in [-0.15, -0.1) is 0 Å². The van der Waals surface area contributed by atoms with Crippen LogP contribution >= 0.6 is 0 Å². The van der Waals surface area contributed by atoms with Gasteiger partial charge in [-0.25, -0.2) is 0 Å². The van der Waals surface area contributed by atoms with Gasteiger partial charge >= 0.3 is 6.18 Å². The molecular formula is C16H15F3N4O. The second-order valence-corrected chi connectivity index (χ2v) is 5.51. The van der Waals surface area contributed by atoms with E-state index in [1.165, 1.54) is 11.0 Å². The van der Waals surface area contributed by atoms with E-state index in [9.17, 15) is 18.0 Å². The van der Waals surface area contributed by atoms with Gasteiger partial charge < -0.3 is 4.90 Å². The Morgan fingerprint density at radius 2 is 2.00 bits per heavy atom. The number of pyridine rings is 2. The average molecular weight is 336 g/mol. The van der Waals surface area contributed by atoms with Gasteiger partial charge in [0, 0.05) is 43.9 Å². The maximum absolute atomic E-state index is 12.8. The second-order valence-electron chi connectivity index (χ2n) is 5.51. The summed E-state index contributed by atoms with van der Waals surface area (Å²) in [7, 11) is 0. The lowest BCUT2D eigenvalue weighted by Crippen LogP contribution is -2.50. The molecule has 24 heavy (non-hydrogen) atoms. The van der Waals surface area contributed by atoms with Crippen LogP contribution in [0.1, 0.15) is 11.3 Å². The summed E-state index contributed by atoms with van der Waals surface area (Å²) < 4.78 is 38.3. The molecule has 0 atom stereocenters. The monoisotopic (exact) mass is 336 g/mol. The molecule has 1 fully saturated rings. The molecule has 0 saturated carbocycles. The normalized spacial score (nSPS) is 16.5. The summed E-state index contributed by atoms with van der Waals surface area (Å²) in [5.41, 5.74) is 0.218. The molecule has 2 aromatic rings. The van der Waals surface area contributed by atoms with Gasteiger partial charge in [0.2, 0.25) is 5.91 Å². The van der Waals surface area contributed by atoms with Gasteiger partial charge in [-0.05, 0) is 23.8 Å². The number of nitrogens with zero attached hydrogens (tertiary/aromatic N) is 4. The Bertz CT molecular complexity index is 721. The third-order valence-corrected chi connectivity index (χ3v) is 3.77. The van der Waals surface area contributed by atoms with E-state index in [1.54, 1.807) is 12.4 Å². The summed E-state index contributed by atoms with van der Waals surface area (Å²) >= 11 is 0. The first-order chi connectivity index (χ1) is 11.4. The van der Waals surface area contributed by atoms with Gasteiger partial charge in [-0.1, -0.05) is 6.07 Å². The number of piperazine rings is 1. The molecule has 1 aliphatic heterocycles. The molecule has 2 aromatic heterocycles. The van der Waals surface area contributed by atoms with Gasteiger partial charge in [0.1, 0.15) is 5.69 Å². The number of aromatic nitrogens is 2. The van der Waals surface area contributed by atoms with E-state index in [-0.39, 0.29) is 18.1 Å². The molecule has 0 N–H and O–H groups in total. The maximum atomic E-state index is 12.8. The van der Waals surface area contributed by atoms with E-state index in [0.29, 0.717) is 19.6 Å². The van der Waals surface area contributed by atoms with Crippen molar-refractivity contribution in [3.63, 3.8) is 0 Å². The first kappa shape index (κ1) is 16.4. The van der Waals surface area contributed by atoms with Crippen LogP contribution in [0, 0.1) is 0 Å². The van der Waals surface area contributed by atoms with Crippen LogP contribution in [0.2, 0.25) is 0 Å². The van der Waals surface area contributed by atoms with E-state index in [0.717, 1.165) is 17.8 Å². The lowest BCUT2D eigenvalue weighted by Gasteiger charge is -2.34. The predicted molar refractivity (Wildman–Crippen MR) is 81.1 cm³/mol. The highest BCUT2D eigenvalue weighted by Crippen LogP contribution is 2.30. The summed E-state index contributed by atoms with van der Waals surface area (Å²) in [6.45, 7) is 1.64. The molecule has 0 aromatic carbocycles. The van der Waals surface area contributed by atoms with E-state index in [4.69, 9.17) is 0 Å². The standard InChI is InChI=1S/C16H15F3N4O/c17-16(18,19)14-8-13(3-5-21-14)23-7-6-22(11-15(23)24)10-12-2-1-4-20-9-12/h1-5,8-9H,6-7,10-11H2. The molecule has 1 aliphatic rings. The molecule has 1 amide bonds. The molecule has 0 unspecified atom stereocenters. The Morgan fingerprint density at radius 3 is 2.67 bits per heavy atom. The molecule has 126 valence electrons. The largest absolute Gasteiger partial charge is 0.433 e. The van der Waals surface area contributed by atoms with E-state index >= 15 is 0 Å². The van der Waals surface area contributed by atoms with Gasteiger partial charge in [0.25, 0.3) is 0 Å². The van der Waals surface area contributed by atoms with Crippen molar-refractivity contribution in [2.24, 2.45) is 0 Å². The molecule has 3 rings (SSSR count). The van der Waals surface area contributed by atoms with Crippen LogP contribution in [0.25, 0.3) is 0 Å². The molecule has 0 bridgehead atoms. The number of rotatable bonds is 3. The minimum absolute atomic E-state index is 0.151. The minimum atomic E-state index is -4.53. The summed E-state index contributed by atoms with van der Waals surface area (Å²) in [6, 6.07) is 6.07. The Kier molecular flexibility index (Phi) is 4.48. The summed E-state index contributed by atoms with van der Waals surface area (Å²) in [5.74, 6) is -0.232. The van der Waals surface area contributed by atoms with Gasteiger partial charge in [-0.3, -0.25) is 19.7 Å². The van der Waals surface area contributed by atoms with E-state index in [2.05, 4.69) is 9.97 Å². The van der Waals surface area contributed by atoms with Crippen molar-refractivity contribution in [2.45, 2.75) is 12.7 Å². The number of alkyl halides is 3. The van der Waals surface area contributed by atoms with Crippen LogP contribution in [-0.4, -0.2) is 40.4 Å². The smallest absolute Gasteiger partial charge is 0.310 e. The number of anilines is 1. The third-order valence-electron chi connectivity index (χ3n) is 3.77. The fourth-order valence-corrected chi connectivity index (χ4v) is 2.62. The van der Waals surface area contributed by atoms with E-state index < -0.39 is 11.9 Å². The minimum Gasteiger partial charge on any atom is -0.310 e. The number of amides is 1. The molecule has 5 nitrogen and oxygen atoms in total. The van der Waals surface area contributed by atoms with Crippen molar-refractivity contribution in [3.8, 4) is 0 Å². The zero-order valence-electron chi connectivity index (χ0n) is 12.7. The van der Waals surface area contributed by atoms with Crippen LogP contribution in [-0.2, 0) is 17.5 Å². The van der Waals surface area contributed by atoms with E-state index in [1.807, 2.05) is 17.0 Å². The van der Waals surface area contributed by atoms with Crippen molar-refractivity contribution < 1.29 is 18.0 Å². The van der Waals surface area contributed by atoms with Crippen LogP contribution in [0.15, 0.2) is 42.9 Å². The predicted octanol–water partition coefficient (Wildman–Crippen LogP) is 2.34. The number of hydrogen-bond acceptors (Lipinski definition) is 4. The molecule has 0 aliphatic carbocycles. The number of hydrogen-bond donors (Lipinski definition) is 0. The lowest BCUT2D eigenvalue weighted by atomic mass is 10.2. The van der Waals surface area contributed by atoms with Gasteiger partial charge in [-0.2, -0.15) is 13.2 Å². The maximum Gasteiger partial charge on any atom is 0.433 e.